The van der Waals surface area contributed by atoms with Crippen LogP contribution < -0.4 is 5.32 Å². The minimum atomic E-state index is -0.687. The number of rotatable bonds is 4. The molecule has 0 aromatic heterocycles. The quantitative estimate of drug-likeness (QED) is 0.726. The molecular weight excluding hydrogens is 208 g/mol. The van der Waals surface area contributed by atoms with Crippen LogP contribution in [0.5, 0.6) is 0 Å². The molecule has 0 bridgehead atoms. The fourth-order valence-corrected chi connectivity index (χ4v) is 2.15. The van der Waals surface area contributed by atoms with Gasteiger partial charge in [-0.1, -0.05) is 0 Å². The molecule has 1 aliphatic heterocycles. The van der Waals surface area contributed by atoms with Crippen LogP contribution in [0.4, 0.5) is 0 Å². The van der Waals surface area contributed by atoms with E-state index in [9.17, 15) is 9.59 Å². The second-order valence-corrected chi connectivity index (χ2v) is 4.43. The van der Waals surface area contributed by atoms with Crippen LogP contribution in [-0.4, -0.2) is 47.6 Å². The van der Waals surface area contributed by atoms with Crippen LogP contribution in [0.1, 0.15) is 26.7 Å². The molecule has 0 aromatic carbocycles. The summed E-state index contributed by atoms with van der Waals surface area (Å²) in [6.45, 7) is 5.78. The minimum absolute atomic E-state index is 0.0203. The maximum absolute atomic E-state index is 10.8. The van der Waals surface area contributed by atoms with Crippen LogP contribution in [0.15, 0.2) is 0 Å². The average Bonchev–Trinajstić information content (AvgIpc) is 2.19. The lowest BCUT2D eigenvalue weighted by atomic mass is 9.92. The van der Waals surface area contributed by atoms with Gasteiger partial charge in [0.25, 0.3) is 0 Å². The minimum Gasteiger partial charge on any atom is -0.481 e. The molecule has 2 unspecified atom stereocenters. The van der Waals surface area contributed by atoms with Crippen molar-refractivity contribution in [3.63, 3.8) is 0 Å². The number of piperidine rings is 1. The number of aliphatic carboxylic acids is 1. The molecule has 2 atom stereocenters. The third-order valence-corrected chi connectivity index (χ3v) is 3.14. The summed E-state index contributed by atoms with van der Waals surface area (Å²) in [5.41, 5.74) is 0. The second-order valence-electron chi connectivity index (χ2n) is 4.43. The van der Waals surface area contributed by atoms with Crippen molar-refractivity contribution in [1.29, 1.82) is 0 Å². The van der Waals surface area contributed by atoms with E-state index in [-0.39, 0.29) is 17.9 Å². The van der Waals surface area contributed by atoms with Gasteiger partial charge in [-0.25, -0.2) is 0 Å². The van der Waals surface area contributed by atoms with E-state index in [4.69, 9.17) is 5.11 Å². The van der Waals surface area contributed by atoms with Gasteiger partial charge in [-0.05, 0) is 26.3 Å². The highest BCUT2D eigenvalue weighted by molar-refractivity contribution is 5.72. The van der Waals surface area contributed by atoms with Gasteiger partial charge in [-0.2, -0.15) is 0 Å². The number of carbonyl (C=O) groups excluding carboxylic acids is 1. The predicted octanol–water partition coefficient (Wildman–Crippen LogP) is 0.308. The van der Waals surface area contributed by atoms with E-state index in [1.165, 1.54) is 6.92 Å². The van der Waals surface area contributed by atoms with Gasteiger partial charge in [0.05, 0.1) is 5.92 Å². The molecule has 1 saturated heterocycles. The Bertz CT molecular complexity index is 266. The molecule has 1 aliphatic rings. The zero-order valence-corrected chi connectivity index (χ0v) is 9.90. The average molecular weight is 228 g/mol. The Kier molecular flexibility index (Phi) is 4.73. The number of hydrogen-bond acceptors (Lipinski definition) is 3. The number of likely N-dealkylation sites (tertiary alicyclic amines) is 1. The third kappa shape index (κ3) is 3.81. The Morgan fingerprint density at radius 2 is 2.19 bits per heavy atom. The zero-order valence-electron chi connectivity index (χ0n) is 9.90. The summed E-state index contributed by atoms with van der Waals surface area (Å²) >= 11 is 0. The number of nitrogens with zero attached hydrogens (tertiary/aromatic N) is 1. The summed E-state index contributed by atoms with van der Waals surface area (Å²) in [7, 11) is 0. The number of hydrogen-bond donors (Lipinski definition) is 2. The fourth-order valence-electron chi connectivity index (χ4n) is 2.15. The molecule has 0 spiro atoms. The first-order valence-corrected chi connectivity index (χ1v) is 5.72. The van der Waals surface area contributed by atoms with Crippen molar-refractivity contribution in [2.45, 2.75) is 32.7 Å². The van der Waals surface area contributed by atoms with Gasteiger partial charge in [0.2, 0.25) is 5.91 Å². The molecule has 2 N–H and O–H groups in total. The SMILES string of the molecule is CC(=O)NCCN1CCC(C(=O)O)CC1C. The highest BCUT2D eigenvalue weighted by atomic mass is 16.4. The number of carboxylic acid groups (broad SMARTS) is 1. The van der Waals surface area contributed by atoms with Crippen LogP contribution in [0.2, 0.25) is 0 Å². The lowest BCUT2D eigenvalue weighted by Crippen LogP contribution is -2.45. The number of nitrogens with one attached hydrogen (secondary N) is 1. The van der Waals surface area contributed by atoms with Crippen molar-refractivity contribution >= 4 is 11.9 Å². The predicted molar refractivity (Wildman–Crippen MR) is 60.1 cm³/mol. The van der Waals surface area contributed by atoms with Crippen molar-refractivity contribution in [3.05, 3.63) is 0 Å². The maximum atomic E-state index is 10.8. The largest absolute Gasteiger partial charge is 0.481 e. The Labute approximate surface area is 95.8 Å². The second kappa shape index (κ2) is 5.84. The molecule has 1 amide bonds. The van der Waals surface area contributed by atoms with Gasteiger partial charge in [-0.3, -0.25) is 14.5 Å². The lowest BCUT2D eigenvalue weighted by molar-refractivity contribution is -0.144. The molecule has 1 heterocycles. The maximum Gasteiger partial charge on any atom is 0.306 e. The third-order valence-electron chi connectivity index (χ3n) is 3.14. The molecule has 5 nitrogen and oxygen atoms in total. The monoisotopic (exact) mass is 228 g/mol. The molecule has 0 aliphatic carbocycles. The molecule has 1 fully saturated rings. The Hall–Kier alpha value is -1.10. The molecule has 0 saturated carbocycles. The zero-order chi connectivity index (χ0) is 12.1. The normalized spacial score (nSPS) is 26.4. The highest BCUT2D eigenvalue weighted by Gasteiger charge is 2.29. The van der Waals surface area contributed by atoms with E-state index in [0.29, 0.717) is 19.4 Å². The Morgan fingerprint density at radius 1 is 1.50 bits per heavy atom. The van der Waals surface area contributed by atoms with Crippen molar-refractivity contribution in [2.75, 3.05) is 19.6 Å². The smallest absolute Gasteiger partial charge is 0.306 e. The van der Waals surface area contributed by atoms with Crippen LogP contribution >= 0.6 is 0 Å². The van der Waals surface area contributed by atoms with E-state index in [2.05, 4.69) is 10.2 Å². The van der Waals surface area contributed by atoms with E-state index < -0.39 is 5.97 Å². The van der Waals surface area contributed by atoms with Crippen LogP contribution in [0.25, 0.3) is 0 Å². The summed E-state index contributed by atoms with van der Waals surface area (Å²) in [4.78, 5) is 23.8. The first kappa shape index (κ1) is 13.0. The van der Waals surface area contributed by atoms with E-state index in [1.807, 2.05) is 6.92 Å². The summed E-state index contributed by atoms with van der Waals surface area (Å²) in [6, 6.07) is 0.281. The first-order chi connectivity index (χ1) is 7.50. The van der Waals surface area contributed by atoms with Gasteiger partial charge < -0.3 is 10.4 Å². The summed E-state index contributed by atoms with van der Waals surface area (Å²) < 4.78 is 0. The van der Waals surface area contributed by atoms with Crippen molar-refractivity contribution in [2.24, 2.45) is 5.92 Å². The number of carboxylic acids is 1. The molecular formula is C11H20N2O3. The molecule has 0 aromatic rings. The van der Waals surface area contributed by atoms with Crippen molar-refractivity contribution in [1.82, 2.24) is 10.2 Å². The van der Waals surface area contributed by atoms with Crippen LogP contribution in [-0.2, 0) is 9.59 Å². The van der Waals surface area contributed by atoms with Gasteiger partial charge in [-0.15, -0.1) is 0 Å². The van der Waals surface area contributed by atoms with Crippen LogP contribution in [0.3, 0.4) is 0 Å². The van der Waals surface area contributed by atoms with Crippen LogP contribution in [0, 0.1) is 5.92 Å². The number of carbonyl (C=O) groups is 2. The molecule has 1 rings (SSSR count). The van der Waals surface area contributed by atoms with Crippen molar-refractivity contribution < 1.29 is 14.7 Å². The van der Waals surface area contributed by atoms with E-state index in [1.54, 1.807) is 0 Å². The van der Waals surface area contributed by atoms with Gasteiger partial charge >= 0.3 is 5.97 Å². The highest BCUT2D eigenvalue weighted by Crippen LogP contribution is 2.22. The summed E-state index contributed by atoms with van der Waals surface area (Å²) in [5.74, 6) is -0.909. The fraction of sp³-hybridized carbons (Fsp3) is 0.818. The topological polar surface area (TPSA) is 69.6 Å². The Morgan fingerprint density at radius 3 is 2.69 bits per heavy atom. The summed E-state index contributed by atoms with van der Waals surface area (Å²) in [6.07, 6.45) is 1.41. The summed E-state index contributed by atoms with van der Waals surface area (Å²) in [5, 5.41) is 11.7. The molecule has 92 valence electrons. The Balaban J connectivity index is 2.30. The molecule has 0 radical (unpaired) electrons. The van der Waals surface area contributed by atoms with Gasteiger partial charge in [0.15, 0.2) is 0 Å². The van der Waals surface area contributed by atoms with E-state index >= 15 is 0 Å². The van der Waals surface area contributed by atoms with Crippen molar-refractivity contribution in [3.8, 4) is 0 Å². The molecule has 16 heavy (non-hydrogen) atoms. The standard InChI is InChI=1S/C11H20N2O3/c1-8-7-10(11(15)16)3-5-13(8)6-4-12-9(2)14/h8,10H,3-7H2,1-2H3,(H,12,14)(H,15,16). The lowest BCUT2D eigenvalue weighted by Gasteiger charge is -2.36. The van der Waals surface area contributed by atoms with Gasteiger partial charge in [0, 0.05) is 26.1 Å². The number of amides is 1. The molecule has 5 heteroatoms. The van der Waals surface area contributed by atoms with Gasteiger partial charge in [0.1, 0.15) is 0 Å². The first-order valence-electron chi connectivity index (χ1n) is 5.72. The van der Waals surface area contributed by atoms with E-state index in [0.717, 1.165) is 13.1 Å².